The van der Waals surface area contributed by atoms with Crippen molar-refractivity contribution in [2.75, 3.05) is 11.9 Å². The molecule has 0 bridgehead atoms. The minimum atomic E-state index is 0.996. The van der Waals surface area contributed by atoms with E-state index in [1.807, 2.05) is 29.1 Å². The minimum absolute atomic E-state index is 0.996. The van der Waals surface area contributed by atoms with Gasteiger partial charge in [0.25, 0.3) is 0 Å². The number of aromatic nitrogens is 2. The Kier molecular flexibility index (Phi) is 3.81. The second-order valence-electron chi connectivity index (χ2n) is 4.20. The van der Waals surface area contributed by atoms with Crippen LogP contribution in [0.25, 0.3) is 5.69 Å². The lowest BCUT2D eigenvalue weighted by atomic mass is 10.3. The highest BCUT2D eigenvalue weighted by atomic mass is 15.3. The van der Waals surface area contributed by atoms with Crippen LogP contribution in [0.2, 0.25) is 0 Å². The summed E-state index contributed by atoms with van der Waals surface area (Å²) in [6.07, 6.45) is 4.28. The summed E-state index contributed by atoms with van der Waals surface area (Å²) in [5.41, 5.74) is 2.28. The van der Waals surface area contributed by atoms with E-state index in [-0.39, 0.29) is 0 Å². The highest BCUT2D eigenvalue weighted by Crippen LogP contribution is 2.19. The van der Waals surface area contributed by atoms with Gasteiger partial charge in [-0.1, -0.05) is 31.5 Å². The monoisotopic (exact) mass is 229 g/mol. The van der Waals surface area contributed by atoms with Gasteiger partial charge < -0.3 is 5.32 Å². The molecule has 0 atom stereocenters. The average molecular weight is 229 g/mol. The first-order chi connectivity index (χ1) is 8.33. The van der Waals surface area contributed by atoms with Crippen molar-refractivity contribution < 1.29 is 0 Å². The van der Waals surface area contributed by atoms with Crippen LogP contribution in [0.4, 0.5) is 5.82 Å². The highest BCUT2D eigenvalue weighted by molar-refractivity contribution is 5.49. The maximum atomic E-state index is 4.42. The molecule has 0 saturated carbocycles. The highest BCUT2D eigenvalue weighted by Gasteiger charge is 2.07. The standard InChI is InChI=1S/C14H19N3/c1-3-4-10-15-14-12(2)11-16-17(14)13-8-6-5-7-9-13/h5-9,11,15H,3-4,10H2,1-2H3. The number of hydrogen-bond donors (Lipinski definition) is 1. The molecule has 0 saturated heterocycles. The first kappa shape index (κ1) is 11.7. The molecule has 0 fully saturated rings. The summed E-state index contributed by atoms with van der Waals surface area (Å²) < 4.78 is 1.96. The first-order valence-corrected chi connectivity index (χ1v) is 6.17. The molecule has 1 N–H and O–H groups in total. The van der Waals surface area contributed by atoms with Crippen molar-refractivity contribution in [1.29, 1.82) is 0 Å². The van der Waals surface area contributed by atoms with Crippen LogP contribution < -0.4 is 5.32 Å². The molecule has 0 unspecified atom stereocenters. The predicted molar refractivity (Wildman–Crippen MR) is 71.7 cm³/mol. The van der Waals surface area contributed by atoms with Crippen molar-refractivity contribution in [3.63, 3.8) is 0 Å². The van der Waals surface area contributed by atoms with Crippen molar-refractivity contribution in [2.24, 2.45) is 0 Å². The lowest BCUT2D eigenvalue weighted by molar-refractivity contribution is 0.813. The molecule has 0 aliphatic carbocycles. The number of benzene rings is 1. The Bertz CT molecular complexity index is 460. The summed E-state index contributed by atoms with van der Waals surface area (Å²) in [6, 6.07) is 10.2. The summed E-state index contributed by atoms with van der Waals surface area (Å²) >= 11 is 0. The van der Waals surface area contributed by atoms with E-state index in [2.05, 4.69) is 36.4 Å². The fraction of sp³-hybridized carbons (Fsp3) is 0.357. The zero-order valence-corrected chi connectivity index (χ0v) is 10.5. The number of hydrogen-bond acceptors (Lipinski definition) is 2. The average Bonchev–Trinajstić information content (AvgIpc) is 2.73. The van der Waals surface area contributed by atoms with E-state index < -0.39 is 0 Å². The van der Waals surface area contributed by atoms with Gasteiger partial charge in [-0.2, -0.15) is 5.10 Å². The van der Waals surface area contributed by atoms with E-state index in [4.69, 9.17) is 0 Å². The fourth-order valence-electron chi connectivity index (χ4n) is 1.79. The third-order valence-electron chi connectivity index (χ3n) is 2.78. The molecule has 90 valence electrons. The molecule has 0 amide bonds. The Balaban J connectivity index is 2.23. The number of unbranched alkanes of at least 4 members (excludes halogenated alkanes) is 1. The minimum Gasteiger partial charge on any atom is -0.370 e. The summed E-state index contributed by atoms with van der Waals surface area (Å²) in [4.78, 5) is 0. The molecule has 0 aliphatic heterocycles. The van der Waals surface area contributed by atoms with Gasteiger partial charge in [-0.05, 0) is 25.5 Å². The lowest BCUT2D eigenvalue weighted by Gasteiger charge is -2.10. The zero-order valence-electron chi connectivity index (χ0n) is 10.5. The van der Waals surface area contributed by atoms with Crippen molar-refractivity contribution >= 4 is 5.82 Å². The van der Waals surface area contributed by atoms with Gasteiger partial charge in [-0.15, -0.1) is 0 Å². The number of nitrogens with one attached hydrogen (secondary N) is 1. The molecule has 3 heteroatoms. The quantitative estimate of drug-likeness (QED) is 0.796. The predicted octanol–water partition coefficient (Wildman–Crippen LogP) is 3.39. The fourth-order valence-corrected chi connectivity index (χ4v) is 1.79. The Morgan fingerprint density at radius 3 is 2.71 bits per heavy atom. The van der Waals surface area contributed by atoms with Crippen LogP contribution in [-0.4, -0.2) is 16.3 Å². The van der Waals surface area contributed by atoms with Crippen molar-refractivity contribution in [3.8, 4) is 5.69 Å². The molecule has 3 nitrogen and oxygen atoms in total. The lowest BCUT2D eigenvalue weighted by Crippen LogP contribution is -2.08. The SMILES string of the molecule is CCCCNc1c(C)cnn1-c1ccccc1. The van der Waals surface area contributed by atoms with Crippen LogP contribution in [0.3, 0.4) is 0 Å². The number of para-hydroxylation sites is 1. The summed E-state index contributed by atoms with van der Waals surface area (Å²) in [6.45, 7) is 5.28. The Hall–Kier alpha value is -1.77. The number of rotatable bonds is 5. The van der Waals surface area contributed by atoms with E-state index in [1.54, 1.807) is 0 Å². The second-order valence-corrected chi connectivity index (χ2v) is 4.20. The van der Waals surface area contributed by atoms with Gasteiger partial charge in [0.05, 0.1) is 11.9 Å². The number of aryl methyl sites for hydroxylation is 1. The maximum absolute atomic E-state index is 4.42. The molecular weight excluding hydrogens is 210 g/mol. The third kappa shape index (κ3) is 2.67. The molecular formula is C14H19N3. The summed E-state index contributed by atoms with van der Waals surface area (Å²) in [5, 5.41) is 7.88. The largest absolute Gasteiger partial charge is 0.370 e. The molecule has 0 spiro atoms. The van der Waals surface area contributed by atoms with Crippen LogP contribution >= 0.6 is 0 Å². The first-order valence-electron chi connectivity index (χ1n) is 6.17. The van der Waals surface area contributed by atoms with Crippen molar-refractivity contribution in [2.45, 2.75) is 26.7 Å². The van der Waals surface area contributed by atoms with E-state index in [1.165, 1.54) is 18.4 Å². The topological polar surface area (TPSA) is 29.9 Å². The zero-order chi connectivity index (χ0) is 12.1. The summed E-state index contributed by atoms with van der Waals surface area (Å²) in [5.74, 6) is 1.10. The van der Waals surface area contributed by atoms with Crippen LogP contribution in [0, 0.1) is 6.92 Å². The Morgan fingerprint density at radius 2 is 2.00 bits per heavy atom. The van der Waals surface area contributed by atoms with Crippen LogP contribution in [-0.2, 0) is 0 Å². The molecule has 1 aromatic carbocycles. The van der Waals surface area contributed by atoms with Gasteiger partial charge in [0.2, 0.25) is 0 Å². The molecule has 1 aromatic heterocycles. The van der Waals surface area contributed by atoms with Crippen LogP contribution in [0.15, 0.2) is 36.5 Å². The van der Waals surface area contributed by atoms with Crippen molar-refractivity contribution in [1.82, 2.24) is 9.78 Å². The summed E-state index contributed by atoms with van der Waals surface area (Å²) in [7, 11) is 0. The van der Waals surface area contributed by atoms with Gasteiger partial charge >= 0.3 is 0 Å². The molecule has 1 heterocycles. The van der Waals surface area contributed by atoms with Gasteiger partial charge in [-0.3, -0.25) is 0 Å². The number of nitrogens with zero attached hydrogens (tertiary/aromatic N) is 2. The molecule has 2 aromatic rings. The van der Waals surface area contributed by atoms with E-state index in [0.29, 0.717) is 0 Å². The van der Waals surface area contributed by atoms with Crippen LogP contribution in [0.1, 0.15) is 25.3 Å². The molecule has 0 aliphatic rings. The third-order valence-corrected chi connectivity index (χ3v) is 2.78. The van der Waals surface area contributed by atoms with Crippen LogP contribution in [0.5, 0.6) is 0 Å². The van der Waals surface area contributed by atoms with E-state index >= 15 is 0 Å². The van der Waals surface area contributed by atoms with Gasteiger partial charge in [-0.25, -0.2) is 4.68 Å². The number of anilines is 1. The Labute approximate surface area is 102 Å². The van der Waals surface area contributed by atoms with Crippen molar-refractivity contribution in [3.05, 3.63) is 42.1 Å². The van der Waals surface area contributed by atoms with E-state index in [9.17, 15) is 0 Å². The molecule has 2 rings (SSSR count). The second kappa shape index (κ2) is 5.53. The molecule has 0 radical (unpaired) electrons. The molecule has 17 heavy (non-hydrogen) atoms. The normalized spacial score (nSPS) is 10.5. The smallest absolute Gasteiger partial charge is 0.132 e. The maximum Gasteiger partial charge on any atom is 0.132 e. The van der Waals surface area contributed by atoms with Gasteiger partial charge in [0.15, 0.2) is 0 Å². The van der Waals surface area contributed by atoms with E-state index in [0.717, 1.165) is 18.1 Å². The van der Waals surface area contributed by atoms with Gasteiger partial charge in [0, 0.05) is 12.1 Å². The van der Waals surface area contributed by atoms with Gasteiger partial charge in [0.1, 0.15) is 5.82 Å². The Morgan fingerprint density at radius 1 is 1.24 bits per heavy atom.